The molecule has 1 aromatic rings. The van der Waals surface area contributed by atoms with Crippen molar-refractivity contribution < 1.29 is 13.6 Å². The van der Waals surface area contributed by atoms with Crippen LogP contribution in [-0.4, -0.2) is 57.7 Å². The number of piperazine rings is 1. The van der Waals surface area contributed by atoms with Gasteiger partial charge < -0.3 is 4.90 Å². The van der Waals surface area contributed by atoms with E-state index < -0.39 is 6.43 Å². The molecule has 30 heavy (non-hydrogen) atoms. The highest BCUT2D eigenvalue weighted by Gasteiger charge is 2.50. The second-order valence-corrected chi connectivity index (χ2v) is 10.5. The van der Waals surface area contributed by atoms with Crippen LogP contribution < -0.4 is 0 Å². The lowest BCUT2D eigenvalue weighted by atomic mass is 9.54. The van der Waals surface area contributed by atoms with E-state index in [2.05, 4.69) is 10.00 Å². The summed E-state index contributed by atoms with van der Waals surface area (Å²) in [6, 6.07) is 0.734. The molecule has 5 nitrogen and oxygen atoms in total. The Labute approximate surface area is 176 Å². The lowest BCUT2D eigenvalue weighted by molar-refractivity contribution is -0.136. The molecule has 7 rings (SSSR count). The number of rotatable bonds is 4. The highest BCUT2D eigenvalue weighted by molar-refractivity contribution is 5.76. The fourth-order valence-corrected chi connectivity index (χ4v) is 7.84. The molecule has 0 unspecified atom stereocenters. The lowest BCUT2D eigenvalue weighted by Gasteiger charge is -2.58. The minimum atomic E-state index is -2.56. The van der Waals surface area contributed by atoms with Crippen LogP contribution in [0.3, 0.4) is 0 Å². The largest absolute Gasteiger partial charge is 0.339 e. The number of alkyl halides is 2. The summed E-state index contributed by atoms with van der Waals surface area (Å²) in [6.07, 6.45) is 6.91. The Morgan fingerprint density at radius 2 is 1.63 bits per heavy atom. The number of amides is 1. The number of aromatic nitrogens is 2. The van der Waals surface area contributed by atoms with E-state index in [0.717, 1.165) is 74.4 Å². The van der Waals surface area contributed by atoms with Crippen LogP contribution >= 0.6 is 0 Å². The van der Waals surface area contributed by atoms with Gasteiger partial charge in [-0.05, 0) is 75.0 Å². The smallest absolute Gasteiger partial charge is 0.282 e. The zero-order valence-electron chi connectivity index (χ0n) is 17.6. The molecule has 6 aliphatic rings. The third kappa shape index (κ3) is 3.10. The minimum absolute atomic E-state index is 0.0257. The van der Waals surface area contributed by atoms with E-state index in [4.69, 9.17) is 0 Å². The first-order chi connectivity index (χ1) is 14.6. The number of halogens is 2. The van der Waals surface area contributed by atoms with Crippen LogP contribution in [-0.2, 0) is 24.2 Å². The van der Waals surface area contributed by atoms with Gasteiger partial charge in [0.2, 0.25) is 5.91 Å². The molecule has 164 valence electrons. The Kier molecular flexibility index (Phi) is 4.66. The van der Waals surface area contributed by atoms with Crippen molar-refractivity contribution in [2.24, 2.45) is 23.7 Å². The molecule has 2 heterocycles. The van der Waals surface area contributed by atoms with Gasteiger partial charge in [0.1, 0.15) is 12.2 Å². The second kappa shape index (κ2) is 7.28. The summed E-state index contributed by atoms with van der Waals surface area (Å²) in [7, 11) is 0. The molecule has 4 saturated carbocycles. The van der Waals surface area contributed by atoms with Crippen molar-refractivity contribution in [3.05, 3.63) is 17.0 Å². The van der Waals surface area contributed by atoms with E-state index >= 15 is 0 Å². The predicted octanol–water partition coefficient (Wildman–Crippen LogP) is 3.28. The van der Waals surface area contributed by atoms with Crippen LogP contribution in [0.5, 0.6) is 0 Å². The van der Waals surface area contributed by atoms with E-state index in [-0.39, 0.29) is 18.1 Å². The van der Waals surface area contributed by atoms with Crippen LogP contribution in [0, 0.1) is 23.7 Å². The monoisotopic (exact) mass is 418 g/mol. The molecule has 4 bridgehead atoms. The number of hydrogen-bond donors (Lipinski definition) is 0. The Morgan fingerprint density at radius 3 is 2.27 bits per heavy atom. The molecule has 0 spiro atoms. The summed E-state index contributed by atoms with van der Waals surface area (Å²) >= 11 is 0. The number of carbonyl (C=O) groups is 1. The Morgan fingerprint density at radius 1 is 0.967 bits per heavy atom. The van der Waals surface area contributed by atoms with Crippen molar-refractivity contribution in [1.82, 2.24) is 19.6 Å². The van der Waals surface area contributed by atoms with Crippen LogP contribution in [0.15, 0.2) is 0 Å². The van der Waals surface area contributed by atoms with Gasteiger partial charge in [-0.2, -0.15) is 5.10 Å². The number of hydrogen-bond acceptors (Lipinski definition) is 3. The molecule has 0 aromatic carbocycles. The van der Waals surface area contributed by atoms with Gasteiger partial charge in [0.05, 0.1) is 0 Å². The van der Waals surface area contributed by atoms with Crippen molar-refractivity contribution in [3.8, 4) is 0 Å². The summed E-state index contributed by atoms with van der Waals surface area (Å²) < 4.78 is 28.2. The van der Waals surface area contributed by atoms with Gasteiger partial charge >= 0.3 is 0 Å². The molecule has 0 N–H and O–H groups in total. The topological polar surface area (TPSA) is 41.4 Å². The van der Waals surface area contributed by atoms with Crippen LogP contribution in [0.4, 0.5) is 8.78 Å². The maximum Gasteiger partial charge on any atom is 0.282 e. The summed E-state index contributed by atoms with van der Waals surface area (Å²) in [5, 5.41) is 4.11. The SMILES string of the molecule is O=C(Cn1nc(C(F)F)c2c1CCC2)N1CCN(C2C3CC4CC(C3)CC2C4)CC1. The first-order valence-electron chi connectivity index (χ1n) is 11.9. The normalized spacial score (nSPS) is 35.4. The third-order valence-corrected chi connectivity index (χ3v) is 8.80. The molecule has 7 heteroatoms. The quantitative estimate of drug-likeness (QED) is 0.754. The molecule has 5 fully saturated rings. The van der Waals surface area contributed by atoms with E-state index in [1.807, 2.05) is 4.90 Å². The van der Waals surface area contributed by atoms with Crippen molar-refractivity contribution in [1.29, 1.82) is 0 Å². The maximum atomic E-state index is 13.3. The second-order valence-electron chi connectivity index (χ2n) is 10.5. The van der Waals surface area contributed by atoms with Gasteiger partial charge in [0.15, 0.2) is 0 Å². The number of carbonyl (C=O) groups excluding carboxylic acids is 1. The van der Waals surface area contributed by atoms with Gasteiger partial charge in [-0.25, -0.2) is 8.78 Å². The first-order valence-corrected chi connectivity index (χ1v) is 11.9. The molecule has 1 aromatic heterocycles. The average molecular weight is 419 g/mol. The summed E-state index contributed by atoms with van der Waals surface area (Å²) in [4.78, 5) is 17.5. The molecular formula is C23H32F2N4O. The fraction of sp³-hybridized carbons (Fsp3) is 0.826. The van der Waals surface area contributed by atoms with Gasteiger partial charge in [0, 0.05) is 43.5 Å². The Balaban J connectivity index is 1.09. The van der Waals surface area contributed by atoms with Crippen molar-refractivity contribution in [2.75, 3.05) is 26.2 Å². The van der Waals surface area contributed by atoms with Gasteiger partial charge in [-0.1, -0.05) is 0 Å². The minimum Gasteiger partial charge on any atom is -0.339 e. The highest BCUT2D eigenvalue weighted by atomic mass is 19.3. The lowest BCUT2D eigenvalue weighted by Crippen LogP contribution is -2.60. The van der Waals surface area contributed by atoms with E-state index in [1.54, 1.807) is 4.68 Å². The van der Waals surface area contributed by atoms with E-state index in [0.29, 0.717) is 12.0 Å². The zero-order chi connectivity index (χ0) is 20.4. The van der Waals surface area contributed by atoms with Crippen molar-refractivity contribution >= 4 is 5.91 Å². The Hall–Kier alpha value is -1.50. The number of fused-ring (bicyclic) bond motifs is 1. The summed E-state index contributed by atoms with van der Waals surface area (Å²) in [6.45, 7) is 3.53. The van der Waals surface area contributed by atoms with Crippen LogP contribution in [0.25, 0.3) is 0 Å². The fourth-order valence-electron chi connectivity index (χ4n) is 7.84. The molecule has 1 amide bonds. The van der Waals surface area contributed by atoms with Crippen molar-refractivity contribution in [3.63, 3.8) is 0 Å². The first kappa shape index (κ1) is 19.2. The molecule has 5 aliphatic carbocycles. The van der Waals surface area contributed by atoms with Crippen molar-refractivity contribution in [2.45, 2.75) is 70.4 Å². The van der Waals surface area contributed by atoms with Crippen LogP contribution in [0.2, 0.25) is 0 Å². The summed E-state index contributed by atoms with van der Waals surface area (Å²) in [5.74, 6) is 3.75. The summed E-state index contributed by atoms with van der Waals surface area (Å²) in [5.41, 5.74) is 1.43. The van der Waals surface area contributed by atoms with E-state index in [9.17, 15) is 13.6 Å². The number of nitrogens with zero attached hydrogens (tertiary/aromatic N) is 4. The zero-order valence-corrected chi connectivity index (χ0v) is 17.6. The van der Waals surface area contributed by atoms with E-state index in [1.165, 1.54) is 32.1 Å². The molecule has 0 radical (unpaired) electrons. The molecule has 0 atom stereocenters. The Bertz CT molecular complexity index is 801. The predicted molar refractivity (Wildman–Crippen MR) is 108 cm³/mol. The molecular weight excluding hydrogens is 386 g/mol. The van der Waals surface area contributed by atoms with Gasteiger partial charge in [-0.3, -0.25) is 14.4 Å². The standard InChI is InChI=1S/C23H32F2N4O/c24-23(25)21-18-2-1-3-19(18)29(26-21)13-20(30)27-4-6-28(7-5-27)22-16-9-14-8-15(11-16)12-17(22)10-14/h14-17,22-23H,1-13H2. The highest BCUT2D eigenvalue weighted by Crippen LogP contribution is 2.55. The molecule has 1 aliphatic heterocycles. The molecule has 1 saturated heterocycles. The maximum absolute atomic E-state index is 13.3. The third-order valence-electron chi connectivity index (χ3n) is 8.80. The van der Waals surface area contributed by atoms with Gasteiger partial charge in [0.25, 0.3) is 6.43 Å². The van der Waals surface area contributed by atoms with Crippen LogP contribution in [0.1, 0.15) is 61.9 Å². The average Bonchev–Trinajstić information content (AvgIpc) is 3.31. The van der Waals surface area contributed by atoms with Gasteiger partial charge in [-0.15, -0.1) is 0 Å².